The second-order valence-electron chi connectivity index (χ2n) is 9.52. The summed E-state index contributed by atoms with van der Waals surface area (Å²) in [6.07, 6.45) is 5.09. The Kier molecular flexibility index (Phi) is 11.2. The molecule has 8 N–H and O–H groups in total. The van der Waals surface area contributed by atoms with Gasteiger partial charge in [0.2, 0.25) is 23.6 Å². The molecule has 0 spiro atoms. The van der Waals surface area contributed by atoms with E-state index >= 15 is 0 Å². The van der Waals surface area contributed by atoms with Crippen molar-refractivity contribution < 1.29 is 29.1 Å². The van der Waals surface area contributed by atoms with E-state index in [1.54, 1.807) is 6.20 Å². The van der Waals surface area contributed by atoms with Crippen LogP contribution in [0.5, 0.6) is 0 Å². The Hall–Kier alpha value is -3.58. The number of carboxylic acid groups (broad SMARTS) is 1. The summed E-state index contributed by atoms with van der Waals surface area (Å²) in [5, 5.41) is 21.4. The van der Waals surface area contributed by atoms with Gasteiger partial charge in [-0.1, -0.05) is 18.2 Å². The average molecular weight is 561 g/mol. The number of nitrogens with two attached hydrogens (primary N) is 1. The third kappa shape index (κ3) is 8.72. The van der Waals surface area contributed by atoms with Crippen LogP contribution in [-0.4, -0.2) is 82.4 Å². The van der Waals surface area contributed by atoms with Gasteiger partial charge in [-0.3, -0.25) is 19.2 Å². The first-order chi connectivity index (χ1) is 18.7. The van der Waals surface area contributed by atoms with Crippen molar-refractivity contribution in [2.75, 3.05) is 18.6 Å². The molecule has 4 amide bonds. The number of hydrogen-bond donors (Lipinski definition) is 7. The van der Waals surface area contributed by atoms with Crippen molar-refractivity contribution in [2.24, 2.45) is 5.73 Å². The number of para-hydroxylation sites is 1. The smallest absolute Gasteiger partial charge is 0.326 e. The summed E-state index contributed by atoms with van der Waals surface area (Å²) in [5.74, 6) is -3.00. The number of primary amides is 1. The molecule has 1 aromatic heterocycles. The fourth-order valence-electron chi connectivity index (χ4n) is 4.50. The molecular weight excluding hydrogens is 524 g/mol. The van der Waals surface area contributed by atoms with Crippen LogP contribution >= 0.6 is 11.8 Å². The maximum Gasteiger partial charge on any atom is 0.326 e. The highest BCUT2D eigenvalue weighted by atomic mass is 32.2. The van der Waals surface area contributed by atoms with Gasteiger partial charge in [0.25, 0.3) is 0 Å². The van der Waals surface area contributed by atoms with Crippen LogP contribution in [0.3, 0.4) is 0 Å². The number of carbonyl (C=O) groups excluding carboxylic acids is 4. The molecule has 0 saturated carbocycles. The van der Waals surface area contributed by atoms with Gasteiger partial charge in [0, 0.05) is 29.9 Å². The minimum absolute atomic E-state index is 0.0491. The quantitative estimate of drug-likeness (QED) is 0.158. The average Bonchev–Trinajstić information content (AvgIpc) is 3.59. The van der Waals surface area contributed by atoms with E-state index in [-0.39, 0.29) is 31.6 Å². The monoisotopic (exact) mass is 560 g/mol. The fraction of sp³-hybridized carbons (Fsp3) is 0.500. The first-order valence-corrected chi connectivity index (χ1v) is 14.3. The molecule has 0 bridgehead atoms. The van der Waals surface area contributed by atoms with Gasteiger partial charge in [-0.15, -0.1) is 0 Å². The van der Waals surface area contributed by atoms with Crippen molar-refractivity contribution in [3.63, 3.8) is 0 Å². The zero-order chi connectivity index (χ0) is 28.4. The second-order valence-corrected chi connectivity index (χ2v) is 10.5. The lowest BCUT2D eigenvalue weighted by atomic mass is 10.0. The van der Waals surface area contributed by atoms with Gasteiger partial charge >= 0.3 is 5.97 Å². The summed E-state index contributed by atoms with van der Waals surface area (Å²) >= 11 is 1.45. The van der Waals surface area contributed by atoms with Crippen LogP contribution in [0.1, 0.15) is 37.7 Å². The molecule has 1 fully saturated rings. The Bertz CT molecular complexity index is 1180. The second kappa shape index (κ2) is 14.5. The van der Waals surface area contributed by atoms with Crippen LogP contribution in [0.25, 0.3) is 10.9 Å². The van der Waals surface area contributed by atoms with Gasteiger partial charge in [-0.25, -0.2) is 4.79 Å². The molecule has 1 aromatic carbocycles. The number of thioether (sulfide) groups is 1. The fourth-order valence-corrected chi connectivity index (χ4v) is 4.97. The Morgan fingerprint density at radius 3 is 2.44 bits per heavy atom. The summed E-state index contributed by atoms with van der Waals surface area (Å²) in [5.41, 5.74) is 6.88. The topological polar surface area (TPSA) is 196 Å². The van der Waals surface area contributed by atoms with Gasteiger partial charge in [0.05, 0.1) is 6.04 Å². The number of H-pyrrole nitrogens is 1. The van der Waals surface area contributed by atoms with E-state index in [1.165, 1.54) is 11.8 Å². The van der Waals surface area contributed by atoms with Gasteiger partial charge in [-0.05, 0) is 55.9 Å². The predicted octanol–water partition coefficient (Wildman–Crippen LogP) is 0.0200. The molecule has 4 unspecified atom stereocenters. The first-order valence-electron chi connectivity index (χ1n) is 12.9. The molecule has 1 saturated heterocycles. The Balaban J connectivity index is 1.82. The van der Waals surface area contributed by atoms with Gasteiger partial charge in [0.15, 0.2) is 0 Å². The van der Waals surface area contributed by atoms with Gasteiger partial charge in [-0.2, -0.15) is 11.8 Å². The number of carbonyl (C=O) groups is 5. The number of fused-ring (bicyclic) bond motifs is 1. The lowest BCUT2D eigenvalue weighted by Crippen LogP contribution is -2.57. The molecule has 1 aliphatic rings. The molecule has 1 aliphatic heterocycles. The molecule has 4 atom stereocenters. The van der Waals surface area contributed by atoms with E-state index in [2.05, 4.69) is 26.3 Å². The van der Waals surface area contributed by atoms with E-state index in [4.69, 9.17) is 5.73 Å². The molecule has 0 radical (unpaired) electrons. The minimum atomic E-state index is -1.18. The Morgan fingerprint density at radius 2 is 1.77 bits per heavy atom. The zero-order valence-corrected chi connectivity index (χ0v) is 22.6. The van der Waals surface area contributed by atoms with E-state index in [9.17, 15) is 29.1 Å². The number of rotatable bonds is 15. The van der Waals surface area contributed by atoms with E-state index in [1.807, 2.05) is 30.5 Å². The third-order valence-corrected chi connectivity index (χ3v) is 7.29. The number of carboxylic acids is 1. The maximum absolute atomic E-state index is 13.4. The van der Waals surface area contributed by atoms with Crippen molar-refractivity contribution in [2.45, 2.75) is 62.7 Å². The Morgan fingerprint density at radius 1 is 1.05 bits per heavy atom. The normalized spacial score (nSPS) is 17.2. The number of aromatic amines is 1. The number of benzene rings is 1. The number of hydrogen-bond acceptors (Lipinski definition) is 7. The highest BCUT2D eigenvalue weighted by Gasteiger charge is 2.32. The molecular formula is C26H36N6O6S. The standard InChI is InChI=1S/C26H36N6O6S/c1-39-12-10-20(26(37)38)31-25(36)21(13-15-14-29-17-6-3-2-5-16(15)17)32-24(35)19(8-9-22(27)33)30-23(34)18-7-4-11-28-18/h2-3,5-6,14,18-21,28-29H,4,7-13H2,1H3,(H2,27,33)(H,30,34)(H,31,36)(H,32,35)(H,37,38). The van der Waals surface area contributed by atoms with Crippen molar-refractivity contribution in [3.8, 4) is 0 Å². The number of aliphatic carboxylic acids is 1. The van der Waals surface area contributed by atoms with Gasteiger partial charge in [0.1, 0.15) is 18.1 Å². The lowest BCUT2D eigenvalue weighted by Gasteiger charge is -2.25. The van der Waals surface area contributed by atoms with Crippen molar-refractivity contribution >= 4 is 52.3 Å². The molecule has 12 nitrogen and oxygen atoms in total. The number of amides is 4. The van der Waals surface area contributed by atoms with Gasteiger partial charge < -0.3 is 37.1 Å². The van der Waals surface area contributed by atoms with Crippen molar-refractivity contribution in [1.29, 1.82) is 0 Å². The van der Waals surface area contributed by atoms with E-state index in [0.717, 1.165) is 22.9 Å². The third-order valence-electron chi connectivity index (χ3n) is 6.65. The summed E-state index contributed by atoms with van der Waals surface area (Å²) in [7, 11) is 0. The number of nitrogens with one attached hydrogen (secondary N) is 5. The summed E-state index contributed by atoms with van der Waals surface area (Å²) in [6.45, 7) is 0.685. The van der Waals surface area contributed by atoms with Crippen LogP contribution in [0.2, 0.25) is 0 Å². The molecule has 2 aromatic rings. The van der Waals surface area contributed by atoms with Crippen LogP contribution in [-0.2, 0) is 30.4 Å². The SMILES string of the molecule is CSCCC(NC(=O)C(Cc1c[nH]c2ccccc12)NC(=O)C(CCC(N)=O)NC(=O)C1CCCN1)C(=O)O. The van der Waals surface area contributed by atoms with Crippen LogP contribution in [0, 0.1) is 0 Å². The first kappa shape index (κ1) is 30.0. The Labute approximate surface area is 230 Å². The zero-order valence-electron chi connectivity index (χ0n) is 21.8. The highest BCUT2D eigenvalue weighted by molar-refractivity contribution is 7.98. The molecule has 13 heteroatoms. The lowest BCUT2D eigenvalue weighted by molar-refractivity contribution is -0.142. The van der Waals surface area contributed by atoms with Crippen molar-refractivity contribution in [1.82, 2.24) is 26.3 Å². The highest BCUT2D eigenvalue weighted by Crippen LogP contribution is 2.19. The maximum atomic E-state index is 13.4. The van der Waals surface area contributed by atoms with Crippen LogP contribution in [0.15, 0.2) is 30.5 Å². The van der Waals surface area contributed by atoms with Crippen LogP contribution in [0.4, 0.5) is 0 Å². The largest absolute Gasteiger partial charge is 0.480 e. The van der Waals surface area contributed by atoms with E-state index in [0.29, 0.717) is 18.7 Å². The summed E-state index contributed by atoms with van der Waals surface area (Å²) in [4.78, 5) is 65.8. The molecule has 0 aliphatic carbocycles. The summed E-state index contributed by atoms with van der Waals surface area (Å²) < 4.78 is 0. The van der Waals surface area contributed by atoms with Crippen LogP contribution < -0.4 is 27.0 Å². The predicted molar refractivity (Wildman–Crippen MR) is 148 cm³/mol. The molecule has 39 heavy (non-hydrogen) atoms. The molecule has 3 rings (SSSR count). The van der Waals surface area contributed by atoms with Crippen molar-refractivity contribution in [3.05, 3.63) is 36.0 Å². The minimum Gasteiger partial charge on any atom is -0.480 e. The summed E-state index contributed by atoms with van der Waals surface area (Å²) in [6, 6.07) is 3.62. The molecule has 2 heterocycles. The molecule has 212 valence electrons. The number of aromatic nitrogens is 1. The van der Waals surface area contributed by atoms with E-state index < -0.39 is 47.9 Å².